The molecule has 0 amide bonds. The molecule has 1 aromatic carbocycles. The van der Waals surface area contributed by atoms with Gasteiger partial charge in [0.1, 0.15) is 5.75 Å². The Hall–Kier alpha value is -1.55. The molecule has 0 atom stereocenters. The molecule has 0 spiro atoms. The van der Waals surface area contributed by atoms with E-state index in [0.717, 1.165) is 25.7 Å². The van der Waals surface area contributed by atoms with Crippen LogP contribution in [0.4, 0.5) is 0 Å². The lowest BCUT2D eigenvalue weighted by molar-refractivity contribution is -0.140. The van der Waals surface area contributed by atoms with Crippen LogP contribution in [0.3, 0.4) is 0 Å². The summed E-state index contributed by atoms with van der Waals surface area (Å²) in [5.41, 5.74) is 6.84. The van der Waals surface area contributed by atoms with E-state index in [1.54, 1.807) is 0 Å². The van der Waals surface area contributed by atoms with Crippen LogP contribution in [0.15, 0.2) is 24.3 Å². The first-order chi connectivity index (χ1) is 10.3. The van der Waals surface area contributed by atoms with E-state index < -0.39 is 0 Å². The maximum Gasteiger partial charge on any atom is 0.314 e. The molecule has 1 aliphatic rings. The van der Waals surface area contributed by atoms with E-state index in [0.29, 0.717) is 5.75 Å². The third-order valence-electron chi connectivity index (χ3n) is 4.44. The Bertz CT molecular complexity index is 541. The molecule has 4 nitrogen and oxygen atoms in total. The Morgan fingerprint density at radius 2 is 1.57 bits per heavy atom. The Balaban J connectivity index is 0.00000264. The number of hydrogen-bond acceptors (Lipinski definition) is 3. The number of carbonyl (C=O) groups is 1. The van der Waals surface area contributed by atoms with Gasteiger partial charge >= 0.3 is 5.97 Å². The molecule has 0 heterocycles. The SMILES string of the molecule is CC(C)(C)c1ccc(OC(=O)C2CCC(C(=N)N)CC2)cc1.Cl. The second kappa shape index (κ2) is 7.82. The fourth-order valence-corrected chi connectivity index (χ4v) is 2.86. The lowest BCUT2D eigenvalue weighted by atomic mass is 9.81. The number of esters is 1. The fraction of sp³-hybridized carbons (Fsp3) is 0.556. The Morgan fingerprint density at radius 3 is 2.00 bits per heavy atom. The number of hydrogen-bond donors (Lipinski definition) is 2. The van der Waals surface area contributed by atoms with E-state index in [-0.39, 0.29) is 41.5 Å². The van der Waals surface area contributed by atoms with Crippen LogP contribution in [0.5, 0.6) is 5.75 Å². The largest absolute Gasteiger partial charge is 0.426 e. The molecule has 0 aromatic heterocycles. The van der Waals surface area contributed by atoms with Crippen molar-refractivity contribution in [3.05, 3.63) is 29.8 Å². The predicted octanol–water partition coefficient (Wildman–Crippen LogP) is 4.05. The van der Waals surface area contributed by atoms with E-state index in [2.05, 4.69) is 20.8 Å². The van der Waals surface area contributed by atoms with Crippen LogP contribution in [-0.2, 0) is 10.2 Å². The number of amidine groups is 1. The lowest BCUT2D eigenvalue weighted by Crippen LogP contribution is -2.31. The van der Waals surface area contributed by atoms with Gasteiger partial charge in [0.2, 0.25) is 0 Å². The van der Waals surface area contributed by atoms with Crippen LogP contribution in [-0.4, -0.2) is 11.8 Å². The first kappa shape index (κ1) is 19.5. The molecular weight excluding hydrogens is 312 g/mol. The molecule has 128 valence electrons. The Morgan fingerprint density at radius 1 is 1.09 bits per heavy atom. The summed E-state index contributed by atoms with van der Waals surface area (Å²) < 4.78 is 5.49. The van der Waals surface area contributed by atoms with Gasteiger partial charge in [0.25, 0.3) is 0 Å². The van der Waals surface area contributed by atoms with Gasteiger partial charge in [-0.3, -0.25) is 10.2 Å². The second-order valence-corrected chi connectivity index (χ2v) is 7.20. The van der Waals surface area contributed by atoms with E-state index in [1.807, 2.05) is 24.3 Å². The van der Waals surface area contributed by atoms with Crippen LogP contribution in [0.1, 0.15) is 52.0 Å². The maximum atomic E-state index is 12.2. The molecular formula is C18H27ClN2O2. The van der Waals surface area contributed by atoms with Crippen molar-refractivity contribution >= 4 is 24.2 Å². The average molecular weight is 339 g/mol. The predicted molar refractivity (Wildman–Crippen MR) is 95.4 cm³/mol. The molecule has 1 fully saturated rings. The fourth-order valence-electron chi connectivity index (χ4n) is 2.86. The number of rotatable bonds is 3. The third kappa shape index (κ3) is 5.24. The van der Waals surface area contributed by atoms with E-state index in [9.17, 15) is 4.79 Å². The summed E-state index contributed by atoms with van der Waals surface area (Å²) in [6, 6.07) is 7.74. The monoisotopic (exact) mass is 338 g/mol. The van der Waals surface area contributed by atoms with Gasteiger partial charge < -0.3 is 10.5 Å². The lowest BCUT2D eigenvalue weighted by Gasteiger charge is -2.26. The molecule has 0 bridgehead atoms. The highest BCUT2D eigenvalue weighted by molar-refractivity contribution is 5.85. The molecule has 3 N–H and O–H groups in total. The number of ether oxygens (including phenoxy) is 1. The van der Waals surface area contributed by atoms with Crippen LogP contribution in [0, 0.1) is 17.2 Å². The number of halogens is 1. The van der Waals surface area contributed by atoms with E-state index >= 15 is 0 Å². The minimum absolute atomic E-state index is 0. The van der Waals surface area contributed by atoms with Crippen molar-refractivity contribution in [1.29, 1.82) is 5.41 Å². The van der Waals surface area contributed by atoms with Crippen molar-refractivity contribution in [3.8, 4) is 5.75 Å². The van der Waals surface area contributed by atoms with Crippen molar-refractivity contribution in [2.75, 3.05) is 0 Å². The van der Waals surface area contributed by atoms with Crippen molar-refractivity contribution < 1.29 is 9.53 Å². The second-order valence-electron chi connectivity index (χ2n) is 7.20. The minimum Gasteiger partial charge on any atom is -0.426 e. The van der Waals surface area contributed by atoms with Gasteiger partial charge in [-0.15, -0.1) is 12.4 Å². The quantitative estimate of drug-likeness (QED) is 0.378. The van der Waals surface area contributed by atoms with Gasteiger partial charge in [-0.2, -0.15) is 0 Å². The van der Waals surface area contributed by atoms with Gasteiger partial charge in [-0.25, -0.2) is 0 Å². The zero-order chi connectivity index (χ0) is 16.3. The zero-order valence-electron chi connectivity index (χ0n) is 14.1. The molecule has 1 aliphatic carbocycles. The first-order valence-corrected chi connectivity index (χ1v) is 7.93. The smallest absolute Gasteiger partial charge is 0.314 e. The summed E-state index contributed by atoms with van der Waals surface area (Å²) in [5.74, 6) is 0.745. The Labute approximate surface area is 144 Å². The van der Waals surface area contributed by atoms with Gasteiger partial charge in [-0.1, -0.05) is 32.9 Å². The summed E-state index contributed by atoms with van der Waals surface area (Å²) in [5, 5.41) is 7.47. The van der Waals surface area contributed by atoms with E-state index in [4.69, 9.17) is 15.9 Å². The molecule has 0 radical (unpaired) electrons. The van der Waals surface area contributed by atoms with E-state index in [1.165, 1.54) is 5.56 Å². The third-order valence-corrected chi connectivity index (χ3v) is 4.44. The molecule has 0 saturated heterocycles. The highest BCUT2D eigenvalue weighted by Gasteiger charge is 2.29. The Kier molecular flexibility index (Phi) is 6.63. The van der Waals surface area contributed by atoms with Crippen molar-refractivity contribution in [2.24, 2.45) is 17.6 Å². The molecule has 1 saturated carbocycles. The molecule has 0 unspecified atom stereocenters. The molecule has 2 rings (SSSR count). The van der Waals surface area contributed by atoms with Crippen molar-refractivity contribution in [3.63, 3.8) is 0 Å². The maximum absolute atomic E-state index is 12.2. The molecule has 1 aromatic rings. The highest BCUT2D eigenvalue weighted by Crippen LogP contribution is 2.30. The van der Waals surface area contributed by atoms with Crippen LogP contribution >= 0.6 is 12.4 Å². The van der Waals surface area contributed by atoms with Gasteiger partial charge in [-0.05, 0) is 48.8 Å². The zero-order valence-corrected chi connectivity index (χ0v) is 14.9. The molecule has 23 heavy (non-hydrogen) atoms. The van der Waals surface area contributed by atoms with Crippen LogP contribution in [0.2, 0.25) is 0 Å². The average Bonchev–Trinajstić information content (AvgIpc) is 2.47. The molecule has 0 aliphatic heterocycles. The summed E-state index contributed by atoms with van der Waals surface area (Å²) in [6.45, 7) is 6.46. The van der Waals surface area contributed by atoms with Gasteiger partial charge in [0.15, 0.2) is 0 Å². The van der Waals surface area contributed by atoms with Crippen molar-refractivity contribution in [1.82, 2.24) is 0 Å². The van der Waals surface area contributed by atoms with Gasteiger partial charge in [0.05, 0.1) is 11.8 Å². The summed E-state index contributed by atoms with van der Waals surface area (Å²) in [7, 11) is 0. The number of nitrogens with one attached hydrogen (secondary N) is 1. The van der Waals surface area contributed by atoms with Gasteiger partial charge in [0, 0.05) is 5.92 Å². The minimum atomic E-state index is -0.162. The van der Waals surface area contributed by atoms with Crippen LogP contribution < -0.4 is 10.5 Å². The first-order valence-electron chi connectivity index (χ1n) is 7.93. The topological polar surface area (TPSA) is 76.2 Å². The van der Waals surface area contributed by atoms with Crippen molar-refractivity contribution in [2.45, 2.75) is 51.9 Å². The summed E-state index contributed by atoms with van der Waals surface area (Å²) >= 11 is 0. The van der Waals surface area contributed by atoms with Crippen LogP contribution in [0.25, 0.3) is 0 Å². The standard InChI is InChI=1S/C18H26N2O2.ClH/c1-18(2,3)14-8-10-15(11-9-14)22-17(21)13-6-4-12(5-7-13)16(19)20;/h8-13H,4-7H2,1-3H3,(H3,19,20);1H. The molecule has 5 heteroatoms. The summed E-state index contributed by atoms with van der Waals surface area (Å²) in [4.78, 5) is 12.2. The summed E-state index contributed by atoms with van der Waals surface area (Å²) in [6.07, 6.45) is 3.11. The normalized spacial score (nSPS) is 21.2. The number of nitrogens with two attached hydrogens (primary N) is 1. The highest BCUT2D eigenvalue weighted by atomic mass is 35.5. The number of benzene rings is 1. The number of carbonyl (C=O) groups excluding carboxylic acids is 1.